The van der Waals surface area contributed by atoms with Gasteiger partial charge >= 0.3 is 5.97 Å². The number of hydrogen-bond donors (Lipinski definition) is 1. The summed E-state index contributed by atoms with van der Waals surface area (Å²) in [5.41, 5.74) is 4.66. The molecule has 3 aliphatic rings. The van der Waals surface area contributed by atoms with Crippen molar-refractivity contribution >= 4 is 22.6 Å². The molecule has 1 aromatic heterocycles. The van der Waals surface area contributed by atoms with E-state index in [2.05, 4.69) is 14.4 Å². The van der Waals surface area contributed by atoms with Crippen LogP contribution in [-0.2, 0) is 11.3 Å². The lowest BCUT2D eigenvalue weighted by Gasteiger charge is -2.35. The highest BCUT2D eigenvalue weighted by atomic mass is 19.2. The van der Waals surface area contributed by atoms with Gasteiger partial charge in [0.25, 0.3) is 0 Å². The Morgan fingerprint density at radius 2 is 1.78 bits per heavy atom. The quantitative estimate of drug-likeness (QED) is 0.322. The molecule has 41 heavy (non-hydrogen) atoms. The molecule has 8 heteroatoms. The standard InChI is InChI=1S/C33H41F2N3O3/c1-41-17-11-22-6-5-12-36(21-22)13-14-37-15-16-38-30-18-24(33(39)40)9-10-25(30)31(23-7-3-2-4-8-23)32(38)26-19-27(34)28(35)20-29(26)37/h9-10,18-20,22-23H,2-8,11-17,21H2,1H3,(H,39,40)/t22-/m0/s1. The minimum absolute atomic E-state index is 0.243. The molecule has 3 heterocycles. The molecule has 6 rings (SSSR count). The van der Waals surface area contributed by atoms with Crippen LogP contribution in [0.15, 0.2) is 30.3 Å². The normalized spacial score (nSPS) is 20.2. The van der Waals surface area contributed by atoms with Crippen molar-refractivity contribution in [3.8, 4) is 11.3 Å². The number of halogens is 2. The van der Waals surface area contributed by atoms with Crippen LogP contribution < -0.4 is 4.90 Å². The second-order valence-corrected chi connectivity index (χ2v) is 12.1. The number of nitrogens with zero attached hydrogens (tertiary/aromatic N) is 3. The van der Waals surface area contributed by atoms with Gasteiger partial charge in [0.15, 0.2) is 11.6 Å². The minimum atomic E-state index is -0.962. The minimum Gasteiger partial charge on any atom is -0.478 e. The Kier molecular flexibility index (Phi) is 8.31. The van der Waals surface area contributed by atoms with Gasteiger partial charge in [-0.1, -0.05) is 25.3 Å². The molecule has 2 aromatic carbocycles. The van der Waals surface area contributed by atoms with E-state index in [1.54, 1.807) is 19.2 Å². The lowest BCUT2D eigenvalue weighted by Crippen LogP contribution is -2.41. The third-order valence-electron chi connectivity index (χ3n) is 9.61. The van der Waals surface area contributed by atoms with Crippen LogP contribution in [0.1, 0.15) is 73.2 Å². The van der Waals surface area contributed by atoms with E-state index in [-0.39, 0.29) is 5.56 Å². The highest BCUT2D eigenvalue weighted by molar-refractivity contribution is 5.99. The molecule has 0 radical (unpaired) electrons. The summed E-state index contributed by atoms with van der Waals surface area (Å²) < 4.78 is 37.3. The molecular weight excluding hydrogens is 524 g/mol. The first kappa shape index (κ1) is 28.2. The van der Waals surface area contributed by atoms with Gasteiger partial charge in [0, 0.05) is 74.7 Å². The van der Waals surface area contributed by atoms with E-state index in [1.165, 1.54) is 37.0 Å². The number of rotatable bonds is 8. The average molecular weight is 566 g/mol. The van der Waals surface area contributed by atoms with Crippen LogP contribution in [-0.4, -0.2) is 67.0 Å². The first-order chi connectivity index (χ1) is 19.9. The Morgan fingerprint density at radius 3 is 2.56 bits per heavy atom. The molecule has 220 valence electrons. The van der Waals surface area contributed by atoms with Crippen molar-refractivity contribution in [2.75, 3.05) is 51.3 Å². The first-order valence-electron chi connectivity index (χ1n) is 15.3. The van der Waals surface area contributed by atoms with Gasteiger partial charge in [0.05, 0.1) is 11.3 Å². The second kappa shape index (κ2) is 12.1. The van der Waals surface area contributed by atoms with E-state index in [4.69, 9.17) is 4.74 Å². The zero-order chi connectivity index (χ0) is 28.5. The fourth-order valence-corrected chi connectivity index (χ4v) is 7.53. The number of fused-ring (bicyclic) bond motifs is 5. The van der Waals surface area contributed by atoms with Gasteiger partial charge in [-0.3, -0.25) is 0 Å². The van der Waals surface area contributed by atoms with Crippen molar-refractivity contribution in [2.24, 2.45) is 5.92 Å². The Bertz CT molecular complexity index is 1410. The largest absolute Gasteiger partial charge is 0.478 e. The predicted octanol–water partition coefficient (Wildman–Crippen LogP) is 6.90. The molecule has 0 unspecified atom stereocenters. The van der Waals surface area contributed by atoms with Crippen molar-refractivity contribution in [1.29, 1.82) is 0 Å². The van der Waals surface area contributed by atoms with Crippen LogP contribution in [0, 0.1) is 17.6 Å². The van der Waals surface area contributed by atoms with Crippen molar-refractivity contribution < 1.29 is 23.4 Å². The fraction of sp³-hybridized carbons (Fsp3) is 0.545. The smallest absolute Gasteiger partial charge is 0.335 e. The fourth-order valence-electron chi connectivity index (χ4n) is 7.53. The number of carboxylic acid groups (broad SMARTS) is 1. The topological polar surface area (TPSA) is 57.9 Å². The highest BCUT2D eigenvalue weighted by Crippen LogP contribution is 2.48. The number of methoxy groups -OCH3 is 1. The summed E-state index contributed by atoms with van der Waals surface area (Å²) in [6.45, 7) is 5.70. The Balaban J connectivity index is 1.40. The van der Waals surface area contributed by atoms with Crippen LogP contribution in [0.25, 0.3) is 22.2 Å². The van der Waals surface area contributed by atoms with Crippen LogP contribution >= 0.6 is 0 Å². The summed E-state index contributed by atoms with van der Waals surface area (Å²) in [7, 11) is 1.75. The molecule has 1 aliphatic carbocycles. The molecule has 1 saturated heterocycles. The summed E-state index contributed by atoms with van der Waals surface area (Å²) in [4.78, 5) is 16.6. The van der Waals surface area contributed by atoms with Crippen LogP contribution in [0.5, 0.6) is 0 Å². The Morgan fingerprint density at radius 1 is 0.976 bits per heavy atom. The number of hydrogen-bond acceptors (Lipinski definition) is 4. The molecule has 3 aromatic rings. The van der Waals surface area contributed by atoms with Crippen molar-refractivity contribution in [3.05, 3.63) is 53.1 Å². The molecule has 1 N–H and O–H groups in total. The number of carboxylic acids is 1. The zero-order valence-corrected chi connectivity index (χ0v) is 24.0. The number of anilines is 1. The van der Waals surface area contributed by atoms with Crippen LogP contribution in [0.2, 0.25) is 0 Å². The molecule has 1 atom stereocenters. The number of likely N-dealkylation sites (tertiary alicyclic amines) is 1. The summed E-state index contributed by atoms with van der Waals surface area (Å²) >= 11 is 0. The second-order valence-electron chi connectivity index (χ2n) is 12.1. The van der Waals surface area contributed by atoms with E-state index in [9.17, 15) is 18.7 Å². The maximum absolute atomic E-state index is 15.0. The lowest BCUT2D eigenvalue weighted by molar-refractivity contribution is 0.0697. The van der Waals surface area contributed by atoms with Gasteiger partial charge in [0.1, 0.15) is 0 Å². The van der Waals surface area contributed by atoms with Gasteiger partial charge in [-0.05, 0) is 74.2 Å². The molecule has 6 nitrogen and oxygen atoms in total. The summed E-state index contributed by atoms with van der Waals surface area (Å²) in [6, 6.07) is 8.12. The lowest BCUT2D eigenvalue weighted by atomic mass is 9.81. The van der Waals surface area contributed by atoms with Crippen LogP contribution in [0.3, 0.4) is 0 Å². The number of piperidine rings is 1. The molecule has 2 aliphatic heterocycles. The Hall–Kier alpha value is -2.97. The van der Waals surface area contributed by atoms with Crippen LogP contribution in [0.4, 0.5) is 14.5 Å². The van der Waals surface area contributed by atoms with E-state index in [1.807, 2.05) is 6.07 Å². The average Bonchev–Trinajstić information content (AvgIpc) is 3.23. The Labute approximate surface area is 240 Å². The van der Waals surface area contributed by atoms with Crippen molar-refractivity contribution in [3.63, 3.8) is 0 Å². The molecular formula is C33H41F2N3O3. The summed E-state index contributed by atoms with van der Waals surface area (Å²) in [5.74, 6) is -1.71. The first-order valence-corrected chi connectivity index (χ1v) is 15.3. The van der Waals surface area contributed by atoms with Gasteiger partial charge < -0.3 is 24.2 Å². The maximum Gasteiger partial charge on any atom is 0.335 e. The summed E-state index contributed by atoms with van der Waals surface area (Å²) in [6.07, 6.45) is 9.05. The third kappa shape index (κ3) is 5.61. The molecule has 0 spiro atoms. The molecule has 1 saturated carbocycles. The van der Waals surface area contributed by atoms with Gasteiger partial charge in [-0.2, -0.15) is 0 Å². The number of ether oxygens (including phenoxy) is 1. The van der Waals surface area contributed by atoms with Crippen molar-refractivity contribution in [2.45, 2.75) is 63.8 Å². The van der Waals surface area contributed by atoms with E-state index in [0.717, 1.165) is 87.2 Å². The highest BCUT2D eigenvalue weighted by Gasteiger charge is 2.32. The van der Waals surface area contributed by atoms with E-state index in [0.29, 0.717) is 30.5 Å². The zero-order valence-electron chi connectivity index (χ0n) is 24.0. The number of carbonyl (C=O) groups is 1. The van der Waals surface area contributed by atoms with Gasteiger partial charge in [-0.25, -0.2) is 13.6 Å². The number of benzene rings is 2. The third-order valence-corrected chi connectivity index (χ3v) is 9.61. The predicted molar refractivity (Wildman–Crippen MR) is 158 cm³/mol. The van der Waals surface area contributed by atoms with E-state index >= 15 is 0 Å². The van der Waals surface area contributed by atoms with Crippen molar-refractivity contribution in [1.82, 2.24) is 9.47 Å². The summed E-state index contributed by atoms with van der Waals surface area (Å²) in [5, 5.41) is 10.8. The SMILES string of the molecule is COCC[C@@H]1CCCN(CCN2CCn3c(c(C4CCCCC4)c4ccc(C(=O)O)cc43)-c3cc(F)c(F)cc32)C1. The number of aromatic carboxylic acids is 1. The molecule has 0 amide bonds. The monoisotopic (exact) mass is 565 g/mol. The molecule has 2 fully saturated rings. The maximum atomic E-state index is 15.0. The number of aromatic nitrogens is 1. The molecule has 0 bridgehead atoms. The van der Waals surface area contributed by atoms with E-state index < -0.39 is 17.6 Å². The van der Waals surface area contributed by atoms with Gasteiger partial charge in [-0.15, -0.1) is 0 Å². The van der Waals surface area contributed by atoms with Gasteiger partial charge in [0.2, 0.25) is 0 Å².